The SMILES string of the molecule is CCc1cnc(CNC(=NC)N2CCN(c3ccc(F)cc3)CC2)s1. The summed E-state index contributed by atoms with van der Waals surface area (Å²) in [6.45, 7) is 6.40. The van der Waals surface area contributed by atoms with E-state index in [2.05, 4.69) is 32.0 Å². The molecule has 0 atom stereocenters. The molecule has 2 aromatic rings. The highest BCUT2D eigenvalue weighted by Crippen LogP contribution is 2.17. The number of hydrogen-bond donors (Lipinski definition) is 1. The minimum atomic E-state index is -0.194. The standard InChI is InChI=1S/C18H24FN5S/c1-3-16-12-21-17(25-16)13-22-18(20-2)24-10-8-23(9-11-24)15-6-4-14(19)5-7-15/h4-7,12H,3,8-11,13H2,1-2H3,(H,20,22). The van der Waals surface area contributed by atoms with Crippen molar-refractivity contribution in [3.63, 3.8) is 0 Å². The second-order valence-electron chi connectivity index (χ2n) is 5.93. The largest absolute Gasteiger partial charge is 0.368 e. The molecule has 7 heteroatoms. The van der Waals surface area contributed by atoms with Crippen LogP contribution < -0.4 is 10.2 Å². The van der Waals surface area contributed by atoms with Crippen LogP contribution in [0.3, 0.4) is 0 Å². The van der Waals surface area contributed by atoms with E-state index in [1.165, 1.54) is 17.0 Å². The summed E-state index contributed by atoms with van der Waals surface area (Å²) in [5, 5.41) is 4.50. The zero-order valence-corrected chi connectivity index (χ0v) is 15.5. The number of thiazole rings is 1. The van der Waals surface area contributed by atoms with Gasteiger partial charge in [0.25, 0.3) is 0 Å². The van der Waals surface area contributed by atoms with Crippen LogP contribution in [-0.2, 0) is 13.0 Å². The number of aryl methyl sites for hydroxylation is 1. The number of benzene rings is 1. The van der Waals surface area contributed by atoms with Crippen molar-refractivity contribution >= 4 is 23.0 Å². The quantitative estimate of drug-likeness (QED) is 0.672. The third kappa shape index (κ3) is 4.48. The molecule has 1 aliphatic heterocycles. The summed E-state index contributed by atoms with van der Waals surface area (Å²) < 4.78 is 13.1. The van der Waals surface area contributed by atoms with Crippen LogP contribution in [0.5, 0.6) is 0 Å². The van der Waals surface area contributed by atoms with Crippen molar-refractivity contribution < 1.29 is 4.39 Å². The van der Waals surface area contributed by atoms with Crippen LogP contribution in [0.1, 0.15) is 16.8 Å². The molecule has 1 fully saturated rings. The number of piperazine rings is 1. The lowest BCUT2D eigenvalue weighted by molar-refractivity contribution is 0.372. The van der Waals surface area contributed by atoms with E-state index in [1.54, 1.807) is 11.3 Å². The van der Waals surface area contributed by atoms with Gasteiger partial charge in [0.1, 0.15) is 10.8 Å². The van der Waals surface area contributed by atoms with Gasteiger partial charge in [0.15, 0.2) is 5.96 Å². The van der Waals surface area contributed by atoms with Crippen LogP contribution in [0.4, 0.5) is 10.1 Å². The fourth-order valence-electron chi connectivity index (χ4n) is 2.91. The number of anilines is 1. The van der Waals surface area contributed by atoms with Gasteiger partial charge >= 0.3 is 0 Å². The fourth-order valence-corrected chi connectivity index (χ4v) is 3.71. The van der Waals surface area contributed by atoms with Crippen molar-refractivity contribution in [3.05, 3.63) is 46.2 Å². The number of halogens is 1. The summed E-state index contributed by atoms with van der Waals surface area (Å²) in [5.41, 5.74) is 1.07. The number of guanidine groups is 1. The van der Waals surface area contributed by atoms with Gasteiger partial charge < -0.3 is 15.1 Å². The van der Waals surface area contributed by atoms with Crippen molar-refractivity contribution in [3.8, 4) is 0 Å². The van der Waals surface area contributed by atoms with Crippen molar-refractivity contribution in [2.45, 2.75) is 19.9 Å². The topological polar surface area (TPSA) is 43.8 Å². The minimum absolute atomic E-state index is 0.194. The molecule has 1 aromatic heterocycles. The molecule has 134 valence electrons. The Morgan fingerprint density at radius 1 is 1.24 bits per heavy atom. The van der Waals surface area contributed by atoms with E-state index >= 15 is 0 Å². The van der Waals surface area contributed by atoms with E-state index in [1.807, 2.05) is 25.4 Å². The maximum absolute atomic E-state index is 13.1. The van der Waals surface area contributed by atoms with Crippen molar-refractivity contribution in [2.75, 3.05) is 38.1 Å². The Labute approximate surface area is 152 Å². The summed E-state index contributed by atoms with van der Waals surface area (Å²) in [4.78, 5) is 14.7. The maximum Gasteiger partial charge on any atom is 0.194 e. The Morgan fingerprint density at radius 2 is 1.96 bits per heavy atom. The second kappa shape index (κ2) is 8.29. The number of nitrogens with zero attached hydrogens (tertiary/aromatic N) is 4. The first-order valence-corrected chi connectivity index (χ1v) is 9.41. The van der Waals surface area contributed by atoms with Crippen molar-refractivity contribution in [1.82, 2.24) is 15.2 Å². The zero-order valence-electron chi connectivity index (χ0n) is 14.7. The molecule has 1 aliphatic rings. The summed E-state index contributed by atoms with van der Waals surface area (Å²) in [7, 11) is 1.81. The van der Waals surface area contributed by atoms with Gasteiger partial charge in [0, 0.05) is 50.0 Å². The lowest BCUT2D eigenvalue weighted by atomic mass is 10.2. The Hall–Kier alpha value is -2.15. The average molecular weight is 361 g/mol. The van der Waals surface area contributed by atoms with Gasteiger partial charge in [-0.05, 0) is 30.7 Å². The Bertz CT molecular complexity index is 705. The highest BCUT2D eigenvalue weighted by molar-refractivity contribution is 7.11. The fraction of sp³-hybridized carbons (Fsp3) is 0.444. The van der Waals surface area contributed by atoms with Gasteiger partial charge in [-0.25, -0.2) is 9.37 Å². The predicted octanol–water partition coefficient (Wildman–Crippen LogP) is 2.74. The summed E-state index contributed by atoms with van der Waals surface area (Å²) in [5.74, 6) is 0.715. The van der Waals surface area contributed by atoms with Gasteiger partial charge in [0.05, 0.1) is 6.54 Å². The van der Waals surface area contributed by atoms with Gasteiger partial charge in [-0.2, -0.15) is 0 Å². The molecule has 0 spiro atoms. The predicted molar refractivity (Wildman–Crippen MR) is 102 cm³/mol. The molecule has 0 bridgehead atoms. The lowest BCUT2D eigenvalue weighted by Crippen LogP contribution is -2.52. The Morgan fingerprint density at radius 3 is 2.56 bits per heavy atom. The molecule has 0 aliphatic carbocycles. The van der Waals surface area contributed by atoms with E-state index < -0.39 is 0 Å². The lowest BCUT2D eigenvalue weighted by Gasteiger charge is -2.37. The molecule has 0 amide bonds. The molecule has 3 rings (SSSR count). The summed E-state index contributed by atoms with van der Waals surface area (Å²) in [6.07, 6.45) is 2.98. The number of hydrogen-bond acceptors (Lipinski definition) is 4. The Balaban J connectivity index is 1.52. The molecule has 25 heavy (non-hydrogen) atoms. The normalized spacial score (nSPS) is 15.6. The molecule has 2 heterocycles. The van der Waals surface area contributed by atoms with Crippen LogP contribution >= 0.6 is 11.3 Å². The molecule has 0 radical (unpaired) electrons. The number of aromatic nitrogens is 1. The molecule has 5 nitrogen and oxygen atoms in total. The van der Waals surface area contributed by atoms with Crippen molar-refractivity contribution in [2.24, 2.45) is 4.99 Å². The third-order valence-corrected chi connectivity index (χ3v) is 5.47. The van der Waals surface area contributed by atoms with Crippen LogP contribution in [0.2, 0.25) is 0 Å². The van der Waals surface area contributed by atoms with Crippen LogP contribution in [-0.4, -0.2) is 49.1 Å². The molecule has 0 saturated carbocycles. The van der Waals surface area contributed by atoms with Gasteiger partial charge in [-0.15, -0.1) is 11.3 Å². The maximum atomic E-state index is 13.1. The molecular weight excluding hydrogens is 337 g/mol. The minimum Gasteiger partial charge on any atom is -0.368 e. The van der Waals surface area contributed by atoms with E-state index in [9.17, 15) is 4.39 Å². The Kier molecular flexibility index (Phi) is 5.86. The monoisotopic (exact) mass is 361 g/mol. The van der Waals surface area contributed by atoms with Gasteiger partial charge in [0.2, 0.25) is 0 Å². The smallest absolute Gasteiger partial charge is 0.194 e. The highest BCUT2D eigenvalue weighted by atomic mass is 32.1. The zero-order chi connectivity index (χ0) is 17.6. The first-order valence-electron chi connectivity index (χ1n) is 8.59. The van der Waals surface area contributed by atoms with Crippen LogP contribution in [0, 0.1) is 5.82 Å². The first-order chi connectivity index (χ1) is 12.2. The first kappa shape index (κ1) is 17.7. The number of aliphatic imine (C=N–C) groups is 1. The van der Waals surface area contributed by atoms with Crippen LogP contribution in [0.15, 0.2) is 35.5 Å². The van der Waals surface area contributed by atoms with Gasteiger partial charge in [-0.3, -0.25) is 4.99 Å². The molecule has 1 aromatic carbocycles. The number of nitrogens with one attached hydrogen (secondary N) is 1. The summed E-state index contributed by atoms with van der Waals surface area (Å²) in [6, 6.07) is 6.71. The van der Waals surface area contributed by atoms with E-state index in [0.29, 0.717) is 6.54 Å². The third-order valence-electron chi connectivity index (χ3n) is 4.33. The number of rotatable bonds is 4. The van der Waals surface area contributed by atoms with Crippen LogP contribution in [0.25, 0.3) is 0 Å². The van der Waals surface area contributed by atoms with E-state index in [-0.39, 0.29) is 5.82 Å². The average Bonchev–Trinajstić information content (AvgIpc) is 3.11. The van der Waals surface area contributed by atoms with E-state index in [0.717, 1.165) is 49.3 Å². The molecule has 1 N–H and O–H groups in total. The van der Waals surface area contributed by atoms with E-state index in [4.69, 9.17) is 0 Å². The summed E-state index contributed by atoms with van der Waals surface area (Å²) >= 11 is 1.74. The van der Waals surface area contributed by atoms with Crippen molar-refractivity contribution in [1.29, 1.82) is 0 Å². The molecule has 1 saturated heterocycles. The highest BCUT2D eigenvalue weighted by Gasteiger charge is 2.20. The molecular formula is C18H24FN5S. The molecule has 0 unspecified atom stereocenters. The second-order valence-corrected chi connectivity index (χ2v) is 7.12. The van der Waals surface area contributed by atoms with Gasteiger partial charge in [-0.1, -0.05) is 6.92 Å².